The van der Waals surface area contributed by atoms with Gasteiger partial charge in [-0.15, -0.1) is 0 Å². The number of nitrogens with one attached hydrogen (secondary N) is 1. The van der Waals surface area contributed by atoms with E-state index in [1.165, 1.54) is 6.07 Å². The topological polar surface area (TPSA) is 12.0 Å². The van der Waals surface area contributed by atoms with Gasteiger partial charge in [0.2, 0.25) is 0 Å². The van der Waals surface area contributed by atoms with Crippen molar-refractivity contribution in [2.24, 2.45) is 0 Å². The van der Waals surface area contributed by atoms with Crippen molar-refractivity contribution >= 4 is 0 Å². The van der Waals surface area contributed by atoms with Gasteiger partial charge in [-0.3, -0.25) is 0 Å². The molecule has 0 amide bonds. The van der Waals surface area contributed by atoms with E-state index in [4.69, 9.17) is 0 Å². The predicted octanol–water partition coefficient (Wildman–Crippen LogP) is 5.08. The van der Waals surface area contributed by atoms with E-state index in [9.17, 15) is 17.6 Å². The molecule has 1 atom stereocenters. The molecule has 0 saturated heterocycles. The van der Waals surface area contributed by atoms with Crippen LogP contribution in [0.1, 0.15) is 56.7 Å². The van der Waals surface area contributed by atoms with Crippen molar-refractivity contribution in [3.8, 4) is 0 Å². The molecule has 0 aliphatic carbocycles. The van der Waals surface area contributed by atoms with E-state index in [1.54, 1.807) is 0 Å². The van der Waals surface area contributed by atoms with Crippen molar-refractivity contribution < 1.29 is 17.6 Å². The fourth-order valence-electron chi connectivity index (χ4n) is 2.21. The van der Waals surface area contributed by atoms with Crippen molar-refractivity contribution in [1.82, 2.24) is 5.32 Å². The Morgan fingerprint density at radius 3 is 2.35 bits per heavy atom. The zero-order chi connectivity index (χ0) is 15.2. The van der Waals surface area contributed by atoms with Crippen LogP contribution < -0.4 is 5.32 Å². The van der Waals surface area contributed by atoms with Crippen LogP contribution in [-0.4, -0.2) is 6.54 Å². The van der Waals surface area contributed by atoms with Gasteiger partial charge in [-0.1, -0.05) is 39.2 Å². The van der Waals surface area contributed by atoms with Gasteiger partial charge in [0, 0.05) is 6.04 Å². The Morgan fingerprint density at radius 2 is 1.85 bits per heavy atom. The number of hydrogen-bond acceptors (Lipinski definition) is 1. The molecule has 0 bridgehead atoms. The third kappa shape index (κ3) is 4.78. The molecule has 1 aromatic rings. The molecule has 0 fully saturated rings. The van der Waals surface area contributed by atoms with Gasteiger partial charge < -0.3 is 5.32 Å². The second-order valence-corrected chi connectivity index (χ2v) is 4.84. The molecule has 0 aromatic heterocycles. The van der Waals surface area contributed by atoms with Crippen LogP contribution in [-0.2, 0) is 6.18 Å². The van der Waals surface area contributed by atoms with Crippen molar-refractivity contribution in [3.05, 3.63) is 35.1 Å². The van der Waals surface area contributed by atoms with Gasteiger partial charge in [0.25, 0.3) is 0 Å². The molecule has 0 aliphatic heterocycles. The maximum atomic E-state index is 13.6. The molecule has 0 aliphatic rings. The summed E-state index contributed by atoms with van der Waals surface area (Å²) in [5, 5.41) is 3.20. The molecule has 1 nitrogen and oxygen atoms in total. The van der Waals surface area contributed by atoms with Crippen LogP contribution in [0.4, 0.5) is 17.6 Å². The molecule has 0 radical (unpaired) electrons. The minimum Gasteiger partial charge on any atom is -0.310 e. The summed E-state index contributed by atoms with van der Waals surface area (Å²) in [6, 6.07) is 3.10. The van der Waals surface area contributed by atoms with Crippen LogP contribution in [0, 0.1) is 5.82 Å². The van der Waals surface area contributed by atoms with Gasteiger partial charge in [-0.25, -0.2) is 4.39 Å². The second kappa shape index (κ2) is 7.62. The summed E-state index contributed by atoms with van der Waals surface area (Å²) in [6.45, 7) is 4.70. The number of halogens is 4. The Hall–Kier alpha value is -1.10. The molecule has 0 heterocycles. The zero-order valence-corrected chi connectivity index (χ0v) is 11.9. The minimum absolute atomic E-state index is 0.0941. The highest BCUT2D eigenvalue weighted by atomic mass is 19.4. The SMILES string of the molecule is CCCCCC(NCC)c1ccc(C(F)(F)F)c(F)c1. The molecule has 114 valence electrons. The normalized spacial score (nSPS) is 13.5. The van der Waals surface area contributed by atoms with E-state index in [2.05, 4.69) is 12.2 Å². The highest BCUT2D eigenvalue weighted by Crippen LogP contribution is 2.33. The number of rotatable bonds is 7. The Bertz CT molecular complexity index is 415. The summed E-state index contributed by atoms with van der Waals surface area (Å²) >= 11 is 0. The summed E-state index contributed by atoms with van der Waals surface area (Å²) in [5.41, 5.74) is -0.626. The fraction of sp³-hybridized carbons (Fsp3) is 0.600. The van der Waals surface area contributed by atoms with Gasteiger partial charge in [-0.2, -0.15) is 13.2 Å². The lowest BCUT2D eigenvalue weighted by Gasteiger charge is -2.19. The number of alkyl halides is 3. The summed E-state index contributed by atoms with van der Waals surface area (Å²) in [5.74, 6) is -1.20. The summed E-state index contributed by atoms with van der Waals surface area (Å²) < 4.78 is 51.2. The van der Waals surface area contributed by atoms with Crippen LogP contribution in [0.5, 0.6) is 0 Å². The monoisotopic (exact) mass is 291 g/mol. The van der Waals surface area contributed by atoms with Crippen molar-refractivity contribution in [1.29, 1.82) is 0 Å². The molecule has 0 saturated carbocycles. The highest BCUT2D eigenvalue weighted by molar-refractivity contribution is 5.28. The fourth-order valence-corrected chi connectivity index (χ4v) is 2.21. The van der Waals surface area contributed by atoms with Crippen LogP contribution in [0.25, 0.3) is 0 Å². The van der Waals surface area contributed by atoms with E-state index < -0.39 is 17.6 Å². The summed E-state index contributed by atoms with van der Waals surface area (Å²) in [4.78, 5) is 0. The molecular weight excluding hydrogens is 270 g/mol. The molecule has 1 N–H and O–H groups in total. The first kappa shape index (κ1) is 17.0. The lowest BCUT2D eigenvalue weighted by Crippen LogP contribution is -2.21. The first-order valence-corrected chi connectivity index (χ1v) is 7.00. The highest BCUT2D eigenvalue weighted by Gasteiger charge is 2.34. The van der Waals surface area contributed by atoms with E-state index in [1.807, 2.05) is 6.92 Å². The second-order valence-electron chi connectivity index (χ2n) is 4.84. The molecule has 1 aromatic carbocycles. The van der Waals surface area contributed by atoms with Gasteiger partial charge in [-0.05, 0) is 30.7 Å². The minimum atomic E-state index is -4.64. The van der Waals surface area contributed by atoms with Crippen molar-refractivity contribution in [2.45, 2.75) is 51.7 Å². The molecule has 0 spiro atoms. The lowest BCUT2D eigenvalue weighted by molar-refractivity contribution is -0.140. The smallest absolute Gasteiger partial charge is 0.310 e. The first-order chi connectivity index (χ1) is 9.40. The molecular formula is C15H21F4N. The third-order valence-electron chi connectivity index (χ3n) is 3.25. The third-order valence-corrected chi connectivity index (χ3v) is 3.25. The van der Waals surface area contributed by atoms with Crippen LogP contribution >= 0.6 is 0 Å². The average Bonchev–Trinajstić information content (AvgIpc) is 2.36. The van der Waals surface area contributed by atoms with Gasteiger partial charge in [0.05, 0.1) is 5.56 Å². The lowest BCUT2D eigenvalue weighted by atomic mass is 9.98. The average molecular weight is 291 g/mol. The standard InChI is InChI=1S/C15H21F4N/c1-3-5-6-7-14(20-4-2)11-8-9-12(13(16)10-11)15(17,18)19/h8-10,14,20H,3-7H2,1-2H3. The Kier molecular flexibility index (Phi) is 6.46. The predicted molar refractivity (Wildman–Crippen MR) is 72.0 cm³/mol. The molecule has 5 heteroatoms. The Labute approximate surface area is 117 Å². The van der Waals surface area contributed by atoms with Crippen LogP contribution in [0.15, 0.2) is 18.2 Å². The van der Waals surface area contributed by atoms with Crippen molar-refractivity contribution in [2.75, 3.05) is 6.54 Å². The molecule has 1 unspecified atom stereocenters. The van der Waals surface area contributed by atoms with Gasteiger partial charge >= 0.3 is 6.18 Å². The zero-order valence-electron chi connectivity index (χ0n) is 11.9. The Morgan fingerprint density at radius 1 is 1.15 bits per heavy atom. The van der Waals surface area contributed by atoms with Gasteiger partial charge in [0.1, 0.15) is 5.82 Å². The summed E-state index contributed by atoms with van der Waals surface area (Å²) in [7, 11) is 0. The first-order valence-electron chi connectivity index (χ1n) is 7.00. The number of unbranched alkanes of at least 4 members (excludes halogenated alkanes) is 2. The van der Waals surface area contributed by atoms with Crippen LogP contribution in [0.2, 0.25) is 0 Å². The van der Waals surface area contributed by atoms with E-state index >= 15 is 0 Å². The summed E-state index contributed by atoms with van der Waals surface area (Å²) in [6.07, 6.45) is -0.743. The van der Waals surface area contributed by atoms with Gasteiger partial charge in [0.15, 0.2) is 0 Å². The van der Waals surface area contributed by atoms with E-state index in [0.717, 1.165) is 37.8 Å². The van der Waals surface area contributed by atoms with Crippen molar-refractivity contribution in [3.63, 3.8) is 0 Å². The maximum Gasteiger partial charge on any atom is 0.419 e. The number of hydrogen-bond donors (Lipinski definition) is 1. The van der Waals surface area contributed by atoms with Crippen LogP contribution in [0.3, 0.4) is 0 Å². The van der Waals surface area contributed by atoms with E-state index in [0.29, 0.717) is 12.1 Å². The Balaban J connectivity index is 2.89. The maximum absolute atomic E-state index is 13.6. The quantitative estimate of drug-likeness (QED) is 0.546. The largest absolute Gasteiger partial charge is 0.419 e. The molecule has 1 rings (SSSR count). The molecule has 20 heavy (non-hydrogen) atoms. The van der Waals surface area contributed by atoms with E-state index in [-0.39, 0.29) is 6.04 Å². The number of benzene rings is 1.